The third kappa shape index (κ3) is 2.54. The van der Waals surface area contributed by atoms with E-state index in [0.717, 1.165) is 5.76 Å². The van der Waals surface area contributed by atoms with Crippen LogP contribution in [-0.2, 0) is 16.0 Å². The Morgan fingerprint density at radius 3 is 2.76 bits per heavy atom. The van der Waals surface area contributed by atoms with E-state index in [4.69, 9.17) is 4.42 Å². The summed E-state index contributed by atoms with van der Waals surface area (Å²) in [5, 5.41) is 9.29. The van der Waals surface area contributed by atoms with Crippen molar-refractivity contribution >= 4 is 17.6 Å². The van der Waals surface area contributed by atoms with E-state index in [2.05, 4.69) is 0 Å². The first-order chi connectivity index (χ1) is 10.2. The van der Waals surface area contributed by atoms with Crippen molar-refractivity contribution in [2.24, 2.45) is 0 Å². The number of para-hydroxylation sites is 1. The molecule has 2 heterocycles. The summed E-state index contributed by atoms with van der Waals surface area (Å²) in [5.74, 6) is -0.870. The van der Waals surface area contributed by atoms with Gasteiger partial charge in [0.15, 0.2) is 0 Å². The van der Waals surface area contributed by atoms with Gasteiger partial charge in [0.1, 0.15) is 11.7 Å². The second kappa shape index (κ2) is 5.44. The van der Waals surface area contributed by atoms with Crippen molar-refractivity contribution in [3.8, 4) is 0 Å². The number of nitrogens with zero attached hydrogens (tertiary/aromatic N) is 1. The van der Waals surface area contributed by atoms with Crippen LogP contribution < -0.4 is 4.90 Å². The maximum Gasteiger partial charge on any atom is 0.312 e. The van der Waals surface area contributed by atoms with Crippen LogP contribution in [0.2, 0.25) is 0 Å². The largest absolute Gasteiger partial charge is 0.481 e. The number of carbonyl (C=O) groups excluding carboxylic acids is 1. The zero-order valence-electron chi connectivity index (χ0n) is 11.4. The molecule has 3 rings (SSSR count). The lowest BCUT2D eigenvalue weighted by atomic mass is 10.0. The molecule has 108 valence electrons. The standard InChI is InChI=1S/C16H15NO4/c18-15(8-7-11-4-3-9-21-11)17-10-13(16(19)20)12-5-1-2-6-14(12)17/h1-6,9,13H,7-8,10H2,(H,19,20)/t13-/m0/s1. The Morgan fingerprint density at radius 1 is 1.24 bits per heavy atom. The van der Waals surface area contributed by atoms with Crippen LogP contribution in [-0.4, -0.2) is 23.5 Å². The number of furan rings is 1. The number of carbonyl (C=O) groups is 2. The average molecular weight is 285 g/mol. The summed E-state index contributed by atoms with van der Waals surface area (Å²) in [7, 11) is 0. The molecule has 5 nitrogen and oxygen atoms in total. The SMILES string of the molecule is O=C(O)[C@H]1CN(C(=O)CCc2ccco2)c2ccccc21. The molecule has 0 aliphatic carbocycles. The third-order valence-corrected chi connectivity index (χ3v) is 3.73. The first-order valence-electron chi connectivity index (χ1n) is 6.81. The highest BCUT2D eigenvalue weighted by Crippen LogP contribution is 2.36. The Morgan fingerprint density at radius 2 is 2.05 bits per heavy atom. The van der Waals surface area contributed by atoms with Crippen molar-refractivity contribution in [2.75, 3.05) is 11.4 Å². The average Bonchev–Trinajstić information content (AvgIpc) is 3.12. The molecule has 21 heavy (non-hydrogen) atoms. The van der Waals surface area contributed by atoms with E-state index in [-0.39, 0.29) is 12.5 Å². The minimum atomic E-state index is -0.899. The number of carboxylic acid groups (broad SMARTS) is 1. The molecule has 2 aromatic rings. The Balaban J connectivity index is 1.76. The normalized spacial score (nSPS) is 16.8. The first-order valence-corrected chi connectivity index (χ1v) is 6.81. The van der Waals surface area contributed by atoms with E-state index in [9.17, 15) is 14.7 Å². The van der Waals surface area contributed by atoms with E-state index >= 15 is 0 Å². The fourth-order valence-corrected chi connectivity index (χ4v) is 2.67. The summed E-state index contributed by atoms with van der Waals surface area (Å²) in [5.41, 5.74) is 1.41. The molecular formula is C16H15NO4. The van der Waals surface area contributed by atoms with E-state index < -0.39 is 11.9 Å². The van der Waals surface area contributed by atoms with Crippen molar-refractivity contribution in [3.05, 3.63) is 54.0 Å². The zero-order valence-corrected chi connectivity index (χ0v) is 11.4. The molecule has 0 unspecified atom stereocenters. The highest BCUT2D eigenvalue weighted by molar-refractivity contribution is 5.99. The van der Waals surface area contributed by atoms with Gasteiger partial charge in [-0.1, -0.05) is 18.2 Å². The van der Waals surface area contributed by atoms with Gasteiger partial charge in [-0.2, -0.15) is 0 Å². The Hall–Kier alpha value is -2.56. The highest BCUT2D eigenvalue weighted by Gasteiger charge is 2.35. The number of anilines is 1. The lowest BCUT2D eigenvalue weighted by Gasteiger charge is -2.17. The van der Waals surface area contributed by atoms with Crippen molar-refractivity contribution < 1.29 is 19.1 Å². The van der Waals surface area contributed by atoms with Crippen molar-refractivity contribution in [2.45, 2.75) is 18.8 Å². The molecule has 1 amide bonds. The van der Waals surface area contributed by atoms with Crippen LogP contribution in [0.3, 0.4) is 0 Å². The van der Waals surface area contributed by atoms with Crippen LogP contribution >= 0.6 is 0 Å². The molecule has 1 aromatic heterocycles. The van der Waals surface area contributed by atoms with Crippen LogP contribution in [0.1, 0.15) is 23.7 Å². The monoisotopic (exact) mass is 285 g/mol. The summed E-state index contributed by atoms with van der Waals surface area (Å²) < 4.78 is 5.21. The molecule has 0 fully saturated rings. The lowest BCUT2D eigenvalue weighted by molar-refractivity contribution is -0.138. The van der Waals surface area contributed by atoms with Crippen LogP contribution in [0, 0.1) is 0 Å². The molecule has 1 aromatic carbocycles. The van der Waals surface area contributed by atoms with Gasteiger partial charge < -0.3 is 14.4 Å². The molecule has 1 aliphatic rings. The minimum Gasteiger partial charge on any atom is -0.481 e. The zero-order chi connectivity index (χ0) is 14.8. The molecule has 1 aliphatic heterocycles. The van der Waals surface area contributed by atoms with E-state index in [0.29, 0.717) is 24.1 Å². The molecule has 1 atom stereocenters. The van der Waals surface area contributed by atoms with Crippen LogP contribution in [0.5, 0.6) is 0 Å². The second-order valence-electron chi connectivity index (χ2n) is 5.03. The minimum absolute atomic E-state index is 0.0809. The predicted molar refractivity (Wildman–Crippen MR) is 76.2 cm³/mol. The fraction of sp³-hybridized carbons (Fsp3) is 0.250. The first kappa shape index (κ1) is 13.4. The molecule has 0 radical (unpaired) electrons. The van der Waals surface area contributed by atoms with Gasteiger partial charge in [-0.15, -0.1) is 0 Å². The number of benzene rings is 1. The van der Waals surface area contributed by atoms with Gasteiger partial charge in [-0.05, 0) is 23.8 Å². The number of hydrogen-bond donors (Lipinski definition) is 1. The number of hydrogen-bond acceptors (Lipinski definition) is 3. The van der Waals surface area contributed by atoms with E-state index in [1.54, 1.807) is 35.4 Å². The third-order valence-electron chi connectivity index (χ3n) is 3.73. The van der Waals surface area contributed by atoms with Crippen LogP contribution in [0.15, 0.2) is 47.1 Å². The number of aryl methyl sites for hydroxylation is 1. The Labute approximate surface area is 121 Å². The van der Waals surface area contributed by atoms with Crippen LogP contribution in [0.4, 0.5) is 5.69 Å². The highest BCUT2D eigenvalue weighted by atomic mass is 16.4. The quantitative estimate of drug-likeness (QED) is 0.936. The van der Waals surface area contributed by atoms with Gasteiger partial charge in [-0.25, -0.2) is 0 Å². The fourth-order valence-electron chi connectivity index (χ4n) is 2.67. The summed E-state index contributed by atoms with van der Waals surface area (Å²) in [4.78, 5) is 25.3. The van der Waals surface area contributed by atoms with Crippen molar-refractivity contribution in [1.29, 1.82) is 0 Å². The van der Waals surface area contributed by atoms with Crippen LogP contribution in [0.25, 0.3) is 0 Å². The molecule has 0 bridgehead atoms. The topological polar surface area (TPSA) is 70.8 Å². The number of rotatable bonds is 4. The van der Waals surface area contributed by atoms with Gasteiger partial charge in [0.2, 0.25) is 5.91 Å². The van der Waals surface area contributed by atoms with E-state index in [1.165, 1.54) is 0 Å². The second-order valence-corrected chi connectivity index (χ2v) is 5.03. The van der Waals surface area contributed by atoms with Gasteiger partial charge >= 0.3 is 5.97 Å². The molecule has 0 saturated heterocycles. The molecule has 0 spiro atoms. The summed E-state index contributed by atoms with van der Waals surface area (Å²) in [6, 6.07) is 10.8. The van der Waals surface area contributed by atoms with E-state index in [1.807, 2.05) is 12.1 Å². The predicted octanol–water partition coefficient (Wildman–Crippen LogP) is 2.43. The lowest BCUT2D eigenvalue weighted by Crippen LogP contribution is -2.31. The van der Waals surface area contributed by atoms with Crippen molar-refractivity contribution in [1.82, 2.24) is 0 Å². The summed E-state index contributed by atoms with van der Waals surface area (Å²) >= 11 is 0. The summed E-state index contributed by atoms with van der Waals surface area (Å²) in [6.07, 6.45) is 2.39. The molecule has 1 N–H and O–H groups in total. The Kier molecular flexibility index (Phi) is 3.48. The maximum atomic E-state index is 12.4. The van der Waals surface area contributed by atoms with Gasteiger partial charge in [0.05, 0.1) is 6.26 Å². The molecule has 0 saturated carbocycles. The number of aliphatic carboxylic acids is 1. The molecule has 5 heteroatoms. The van der Waals surface area contributed by atoms with Crippen molar-refractivity contribution in [3.63, 3.8) is 0 Å². The molecular weight excluding hydrogens is 270 g/mol. The summed E-state index contributed by atoms with van der Waals surface area (Å²) in [6.45, 7) is 0.200. The number of amides is 1. The maximum absolute atomic E-state index is 12.4. The van der Waals surface area contributed by atoms with Gasteiger partial charge in [0.25, 0.3) is 0 Å². The Bertz CT molecular complexity index is 663. The van der Waals surface area contributed by atoms with Gasteiger partial charge in [-0.3, -0.25) is 9.59 Å². The van der Waals surface area contributed by atoms with Gasteiger partial charge in [0, 0.05) is 25.1 Å². The number of carboxylic acids is 1. The number of fused-ring (bicyclic) bond motifs is 1. The smallest absolute Gasteiger partial charge is 0.312 e.